The smallest absolute Gasteiger partial charge is 0.233 e. The average molecular weight is 316 g/mol. The molecule has 116 valence electrons. The molecule has 0 atom stereocenters. The Hall–Kier alpha value is -1.82. The van der Waals surface area contributed by atoms with Gasteiger partial charge < -0.3 is 4.90 Å². The van der Waals surface area contributed by atoms with Gasteiger partial charge in [0.05, 0.1) is 5.75 Å². The highest BCUT2D eigenvalue weighted by Gasteiger charge is 2.21. The van der Waals surface area contributed by atoms with Crippen molar-refractivity contribution in [2.24, 2.45) is 5.92 Å². The van der Waals surface area contributed by atoms with Gasteiger partial charge in [-0.1, -0.05) is 36.9 Å². The fourth-order valence-electron chi connectivity index (χ4n) is 2.56. The van der Waals surface area contributed by atoms with Crippen molar-refractivity contribution < 1.29 is 4.79 Å². The summed E-state index contributed by atoms with van der Waals surface area (Å²) in [6.07, 6.45) is 3.90. The lowest BCUT2D eigenvalue weighted by molar-refractivity contribution is -0.129. The summed E-state index contributed by atoms with van der Waals surface area (Å²) >= 11 is 1.45. The molecule has 0 N–H and O–H groups in total. The SMILES string of the molecule is CC1CCN(C(=O)CSc2nncn2-c2ccccc2)CC1. The van der Waals surface area contributed by atoms with Crippen LogP contribution in [0.25, 0.3) is 5.69 Å². The molecular weight excluding hydrogens is 296 g/mol. The number of carbonyl (C=O) groups is 1. The van der Waals surface area contributed by atoms with Crippen LogP contribution in [0, 0.1) is 5.92 Å². The molecule has 1 aliphatic rings. The number of carbonyl (C=O) groups excluding carboxylic acids is 1. The summed E-state index contributed by atoms with van der Waals surface area (Å²) < 4.78 is 1.91. The Kier molecular flexibility index (Phi) is 4.77. The second kappa shape index (κ2) is 6.96. The number of nitrogens with zero attached hydrogens (tertiary/aromatic N) is 4. The molecule has 5 nitrogen and oxygen atoms in total. The third-order valence-corrected chi connectivity index (χ3v) is 4.94. The van der Waals surface area contributed by atoms with E-state index in [9.17, 15) is 4.79 Å². The maximum atomic E-state index is 12.3. The lowest BCUT2D eigenvalue weighted by Crippen LogP contribution is -2.38. The van der Waals surface area contributed by atoms with Crippen molar-refractivity contribution >= 4 is 17.7 Å². The molecule has 0 bridgehead atoms. The van der Waals surface area contributed by atoms with Gasteiger partial charge >= 0.3 is 0 Å². The van der Waals surface area contributed by atoms with Crippen LogP contribution in [-0.2, 0) is 4.79 Å². The molecule has 1 fully saturated rings. The molecule has 3 rings (SSSR count). The van der Waals surface area contributed by atoms with Crippen LogP contribution in [-0.4, -0.2) is 44.4 Å². The highest BCUT2D eigenvalue weighted by molar-refractivity contribution is 7.99. The average Bonchev–Trinajstić information content (AvgIpc) is 3.02. The lowest BCUT2D eigenvalue weighted by atomic mass is 9.99. The van der Waals surface area contributed by atoms with Crippen LogP contribution in [0.2, 0.25) is 0 Å². The van der Waals surface area contributed by atoms with Gasteiger partial charge in [0.25, 0.3) is 0 Å². The monoisotopic (exact) mass is 316 g/mol. The van der Waals surface area contributed by atoms with Gasteiger partial charge in [-0.15, -0.1) is 10.2 Å². The minimum Gasteiger partial charge on any atom is -0.342 e. The predicted octanol–water partition coefficient (Wildman–Crippen LogP) is 2.62. The zero-order chi connectivity index (χ0) is 15.4. The van der Waals surface area contributed by atoms with E-state index >= 15 is 0 Å². The molecule has 1 saturated heterocycles. The third kappa shape index (κ3) is 3.50. The molecule has 2 aromatic rings. The third-order valence-electron chi connectivity index (χ3n) is 4.01. The Bertz CT molecular complexity index is 620. The molecule has 0 aliphatic carbocycles. The van der Waals surface area contributed by atoms with Crippen LogP contribution in [0.15, 0.2) is 41.8 Å². The number of aromatic nitrogens is 3. The van der Waals surface area contributed by atoms with Crippen LogP contribution in [0.3, 0.4) is 0 Å². The second-order valence-corrected chi connectivity index (χ2v) is 6.61. The van der Waals surface area contributed by atoms with Gasteiger partial charge in [-0.2, -0.15) is 0 Å². The maximum Gasteiger partial charge on any atom is 0.233 e. The minimum absolute atomic E-state index is 0.194. The summed E-state index contributed by atoms with van der Waals surface area (Å²) in [5, 5.41) is 8.85. The number of thioether (sulfide) groups is 1. The first-order chi connectivity index (χ1) is 10.7. The number of para-hydroxylation sites is 1. The summed E-state index contributed by atoms with van der Waals surface area (Å²) in [5.74, 6) is 1.34. The molecule has 1 aliphatic heterocycles. The van der Waals surface area contributed by atoms with Crippen molar-refractivity contribution in [1.29, 1.82) is 0 Å². The van der Waals surface area contributed by atoms with E-state index in [0.717, 1.165) is 42.7 Å². The molecule has 6 heteroatoms. The van der Waals surface area contributed by atoms with E-state index in [1.807, 2.05) is 39.8 Å². The highest BCUT2D eigenvalue weighted by Crippen LogP contribution is 2.21. The topological polar surface area (TPSA) is 51.0 Å². The Morgan fingerprint density at radius 1 is 1.27 bits per heavy atom. The van der Waals surface area contributed by atoms with E-state index in [1.54, 1.807) is 6.33 Å². The molecule has 22 heavy (non-hydrogen) atoms. The quantitative estimate of drug-likeness (QED) is 0.814. The van der Waals surface area contributed by atoms with Crippen LogP contribution in [0.1, 0.15) is 19.8 Å². The minimum atomic E-state index is 0.194. The van der Waals surface area contributed by atoms with Gasteiger partial charge in [-0.05, 0) is 30.9 Å². The van der Waals surface area contributed by atoms with Gasteiger partial charge in [0, 0.05) is 18.8 Å². The summed E-state index contributed by atoms with van der Waals surface area (Å²) in [7, 11) is 0. The van der Waals surface area contributed by atoms with Crippen LogP contribution in [0.4, 0.5) is 0 Å². The first-order valence-corrected chi connectivity index (χ1v) is 8.58. The van der Waals surface area contributed by atoms with Crippen LogP contribution < -0.4 is 0 Å². The number of benzene rings is 1. The number of hydrogen-bond donors (Lipinski definition) is 0. The van der Waals surface area contributed by atoms with E-state index in [1.165, 1.54) is 11.8 Å². The Labute approximate surface area is 134 Å². The first kappa shape index (κ1) is 15.1. The van der Waals surface area contributed by atoms with Gasteiger partial charge in [0.2, 0.25) is 5.91 Å². The van der Waals surface area contributed by atoms with Crippen molar-refractivity contribution in [2.45, 2.75) is 24.9 Å². The lowest BCUT2D eigenvalue weighted by Gasteiger charge is -2.30. The normalized spacial score (nSPS) is 16.0. The Morgan fingerprint density at radius 2 is 2.00 bits per heavy atom. The van der Waals surface area contributed by atoms with Crippen LogP contribution in [0.5, 0.6) is 0 Å². The van der Waals surface area contributed by atoms with Crippen molar-refractivity contribution in [3.63, 3.8) is 0 Å². The summed E-state index contributed by atoms with van der Waals surface area (Å²) in [6, 6.07) is 9.93. The first-order valence-electron chi connectivity index (χ1n) is 7.60. The molecule has 2 heterocycles. The highest BCUT2D eigenvalue weighted by atomic mass is 32.2. The number of likely N-dealkylation sites (tertiary alicyclic amines) is 1. The van der Waals surface area contributed by atoms with Crippen LogP contribution >= 0.6 is 11.8 Å². The summed E-state index contributed by atoms with van der Waals surface area (Å²) in [4.78, 5) is 14.3. The molecule has 0 radical (unpaired) electrons. The van der Waals surface area contributed by atoms with Crippen molar-refractivity contribution in [3.8, 4) is 5.69 Å². The zero-order valence-electron chi connectivity index (χ0n) is 12.7. The van der Waals surface area contributed by atoms with Crippen molar-refractivity contribution in [3.05, 3.63) is 36.7 Å². The number of rotatable bonds is 4. The summed E-state index contributed by atoms with van der Waals surface area (Å²) in [6.45, 7) is 4.01. The fraction of sp³-hybridized carbons (Fsp3) is 0.438. The molecular formula is C16H20N4OS. The summed E-state index contributed by atoms with van der Waals surface area (Å²) in [5.41, 5.74) is 1.01. The molecule has 1 aromatic heterocycles. The zero-order valence-corrected chi connectivity index (χ0v) is 13.5. The van der Waals surface area contributed by atoms with Crippen molar-refractivity contribution in [1.82, 2.24) is 19.7 Å². The maximum absolute atomic E-state index is 12.3. The molecule has 1 aromatic carbocycles. The molecule has 1 amide bonds. The van der Waals surface area contributed by atoms with E-state index < -0.39 is 0 Å². The van der Waals surface area contributed by atoms with Gasteiger partial charge in [-0.3, -0.25) is 9.36 Å². The van der Waals surface area contributed by atoms with E-state index in [2.05, 4.69) is 17.1 Å². The predicted molar refractivity (Wildman–Crippen MR) is 87.1 cm³/mol. The van der Waals surface area contributed by atoms with Crippen molar-refractivity contribution in [2.75, 3.05) is 18.8 Å². The van der Waals surface area contributed by atoms with Gasteiger partial charge in [0.1, 0.15) is 6.33 Å². The van der Waals surface area contributed by atoms with E-state index in [4.69, 9.17) is 0 Å². The number of piperidine rings is 1. The number of hydrogen-bond acceptors (Lipinski definition) is 4. The second-order valence-electron chi connectivity index (χ2n) is 5.67. The molecule has 0 unspecified atom stereocenters. The van der Waals surface area contributed by atoms with E-state index in [-0.39, 0.29) is 5.91 Å². The standard InChI is InChI=1S/C16H20N4OS/c1-13-7-9-19(10-8-13)15(21)11-22-16-18-17-12-20(16)14-5-3-2-4-6-14/h2-6,12-13H,7-11H2,1H3. The fourth-order valence-corrected chi connectivity index (χ4v) is 3.40. The van der Waals surface area contributed by atoms with Gasteiger partial charge in [-0.25, -0.2) is 0 Å². The number of amides is 1. The largest absolute Gasteiger partial charge is 0.342 e. The Morgan fingerprint density at radius 3 is 2.73 bits per heavy atom. The molecule has 0 spiro atoms. The Balaban J connectivity index is 1.61. The molecule has 0 saturated carbocycles. The van der Waals surface area contributed by atoms with E-state index in [0.29, 0.717) is 5.75 Å². The van der Waals surface area contributed by atoms with Gasteiger partial charge in [0.15, 0.2) is 5.16 Å².